The van der Waals surface area contributed by atoms with Crippen LogP contribution in [0.5, 0.6) is 5.75 Å². The molecule has 0 aliphatic heterocycles. The van der Waals surface area contributed by atoms with Crippen molar-refractivity contribution in [1.29, 1.82) is 0 Å². The van der Waals surface area contributed by atoms with E-state index >= 15 is 0 Å². The molecule has 0 amide bonds. The lowest BCUT2D eigenvalue weighted by Gasteiger charge is -2.13. The zero-order valence-electron chi connectivity index (χ0n) is 19.6. The number of ether oxygens (including phenoxy) is 1. The molecule has 0 spiro atoms. The van der Waals surface area contributed by atoms with Crippen LogP contribution in [0.2, 0.25) is 0 Å². The first-order valence-electron chi connectivity index (χ1n) is 11.2. The minimum Gasteiger partial charge on any atom is -0.493 e. The molecule has 0 aliphatic rings. The van der Waals surface area contributed by atoms with Gasteiger partial charge in [-0.05, 0) is 62.6 Å². The molecule has 0 fully saturated rings. The third kappa shape index (κ3) is 6.91. The average molecular weight is 469 g/mol. The molecule has 3 rings (SSSR count). The van der Waals surface area contributed by atoms with Gasteiger partial charge < -0.3 is 19.1 Å². The number of hydrogen-bond acceptors (Lipinski definition) is 6. The summed E-state index contributed by atoms with van der Waals surface area (Å²) in [5.74, 6) is -0.336. The molecule has 34 heavy (non-hydrogen) atoms. The summed E-state index contributed by atoms with van der Waals surface area (Å²) < 4.78 is 25.0. The number of carboxylic acid groups (broad SMARTS) is 1. The zero-order valence-corrected chi connectivity index (χ0v) is 19.6. The van der Waals surface area contributed by atoms with E-state index < -0.39 is 11.9 Å². The molecule has 7 nitrogen and oxygen atoms in total. The van der Waals surface area contributed by atoms with E-state index in [1.54, 1.807) is 19.1 Å². The Labute approximate surface area is 198 Å². The van der Waals surface area contributed by atoms with Gasteiger partial charge in [-0.25, -0.2) is 9.37 Å². The van der Waals surface area contributed by atoms with E-state index in [0.29, 0.717) is 54.7 Å². The van der Waals surface area contributed by atoms with Crippen LogP contribution in [-0.2, 0) is 22.5 Å². The number of rotatable bonds is 12. The molecule has 8 heteroatoms. The van der Waals surface area contributed by atoms with Gasteiger partial charge in [0, 0.05) is 12.0 Å². The molecule has 1 heterocycles. The van der Waals surface area contributed by atoms with Crippen LogP contribution in [0.1, 0.15) is 37.3 Å². The van der Waals surface area contributed by atoms with Crippen molar-refractivity contribution in [2.24, 2.45) is 11.1 Å². The molecule has 1 atom stereocenters. The van der Waals surface area contributed by atoms with Gasteiger partial charge in [-0.15, -0.1) is 0 Å². The second-order valence-electron chi connectivity index (χ2n) is 7.94. The van der Waals surface area contributed by atoms with Crippen LogP contribution in [0.25, 0.3) is 11.5 Å². The van der Waals surface area contributed by atoms with E-state index in [1.165, 1.54) is 12.1 Å². The Kier molecular flexibility index (Phi) is 8.79. The number of aromatic nitrogens is 1. The fourth-order valence-corrected chi connectivity index (χ4v) is 3.34. The Morgan fingerprint density at radius 3 is 2.65 bits per heavy atom. The van der Waals surface area contributed by atoms with Gasteiger partial charge in [0.25, 0.3) is 0 Å². The molecule has 0 bridgehead atoms. The summed E-state index contributed by atoms with van der Waals surface area (Å²) in [6.45, 7) is 6.28. The summed E-state index contributed by atoms with van der Waals surface area (Å²) in [6.07, 6.45) is 1.64. The number of carboxylic acids is 1. The molecule has 1 N–H and O–H groups in total. The number of carbonyl (C=O) groups is 1. The maximum Gasteiger partial charge on any atom is 0.312 e. The largest absolute Gasteiger partial charge is 0.493 e. The van der Waals surface area contributed by atoms with E-state index in [1.807, 2.05) is 38.1 Å². The first kappa shape index (κ1) is 25.0. The first-order chi connectivity index (χ1) is 16.4. The molecule has 3 aromatic rings. The van der Waals surface area contributed by atoms with Gasteiger partial charge in [-0.2, -0.15) is 0 Å². The quantitative estimate of drug-likeness (QED) is 0.216. The summed E-state index contributed by atoms with van der Waals surface area (Å²) in [7, 11) is 0. The summed E-state index contributed by atoms with van der Waals surface area (Å²) >= 11 is 0. The number of hydrogen-bond donors (Lipinski definition) is 1. The van der Waals surface area contributed by atoms with Crippen molar-refractivity contribution in [3.63, 3.8) is 0 Å². The van der Waals surface area contributed by atoms with E-state index in [0.717, 1.165) is 17.7 Å². The molecule has 0 saturated heterocycles. The summed E-state index contributed by atoms with van der Waals surface area (Å²) in [5, 5.41) is 13.5. The number of oxime groups is 1. The van der Waals surface area contributed by atoms with E-state index in [2.05, 4.69) is 10.1 Å². The van der Waals surface area contributed by atoms with Crippen molar-refractivity contribution in [1.82, 2.24) is 4.98 Å². The zero-order chi connectivity index (χ0) is 24.5. The van der Waals surface area contributed by atoms with Gasteiger partial charge >= 0.3 is 5.97 Å². The number of oxazole rings is 1. The highest BCUT2D eigenvalue weighted by molar-refractivity contribution is 6.00. The maximum absolute atomic E-state index is 13.5. The van der Waals surface area contributed by atoms with Crippen LogP contribution < -0.4 is 4.74 Å². The highest BCUT2D eigenvalue weighted by atomic mass is 19.1. The molecular weight excluding hydrogens is 439 g/mol. The smallest absolute Gasteiger partial charge is 0.312 e. The lowest BCUT2D eigenvalue weighted by Crippen LogP contribution is -2.24. The van der Waals surface area contributed by atoms with Crippen molar-refractivity contribution in [3.8, 4) is 17.2 Å². The van der Waals surface area contributed by atoms with E-state index in [4.69, 9.17) is 14.0 Å². The third-order valence-corrected chi connectivity index (χ3v) is 5.24. The molecule has 1 aromatic heterocycles. The lowest BCUT2D eigenvalue weighted by molar-refractivity contribution is -0.139. The van der Waals surface area contributed by atoms with Crippen LogP contribution in [-0.4, -0.2) is 35.0 Å². The highest BCUT2D eigenvalue weighted by Crippen LogP contribution is 2.23. The number of benzene rings is 2. The van der Waals surface area contributed by atoms with Crippen LogP contribution in [0, 0.1) is 18.7 Å². The van der Waals surface area contributed by atoms with Crippen molar-refractivity contribution in [2.75, 3.05) is 13.2 Å². The van der Waals surface area contributed by atoms with Crippen molar-refractivity contribution >= 4 is 11.7 Å². The molecule has 1 unspecified atom stereocenters. The third-order valence-electron chi connectivity index (χ3n) is 5.24. The minimum atomic E-state index is -0.942. The van der Waals surface area contributed by atoms with Crippen LogP contribution in [0.3, 0.4) is 0 Å². The SMILES string of the molecule is CCCON=C(C)C(Cc1ccc(OCCc2nc(-c3cccc(F)c3)oc2C)cc1)C(=O)O. The topological polar surface area (TPSA) is 94.2 Å². The van der Waals surface area contributed by atoms with Gasteiger partial charge in [-0.3, -0.25) is 4.79 Å². The average Bonchev–Trinajstić information content (AvgIpc) is 3.19. The van der Waals surface area contributed by atoms with Gasteiger partial charge in [0.2, 0.25) is 5.89 Å². The fraction of sp³-hybridized carbons (Fsp3) is 0.346. The van der Waals surface area contributed by atoms with Crippen molar-refractivity contribution in [2.45, 2.75) is 40.0 Å². The number of halogens is 1. The number of aliphatic carboxylic acids is 1. The molecule has 0 aliphatic carbocycles. The van der Waals surface area contributed by atoms with Crippen LogP contribution in [0.15, 0.2) is 58.1 Å². The van der Waals surface area contributed by atoms with Crippen molar-refractivity contribution < 1.29 is 28.3 Å². The first-order valence-corrected chi connectivity index (χ1v) is 11.2. The van der Waals surface area contributed by atoms with Gasteiger partial charge in [-0.1, -0.05) is 30.3 Å². The Bertz CT molecular complexity index is 1120. The van der Waals surface area contributed by atoms with Gasteiger partial charge in [0.1, 0.15) is 29.9 Å². The monoisotopic (exact) mass is 468 g/mol. The normalized spacial score (nSPS) is 12.4. The second-order valence-corrected chi connectivity index (χ2v) is 7.94. The number of nitrogens with zero attached hydrogens (tertiary/aromatic N) is 2. The van der Waals surface area contributed by atoms with Crippen LogP contribution in [0.4, 0.5) is 4.39 Å². The predicted molar refractivity (Wildman–Crippen MR) is 126 cm³/mol. The predicted octanol–water partition coefficient (Wildman–Crippen LogP) is 5.46. The number of aryl methyl sites for hydroxylation is 1. The lowest BCUT2D eigenvalue weighted by atomic mass is 9.95. The molecule has 0 radical (unpaired) electrons. The second kappa shape index (κ2) is 12.0. The van der Waals surface area contributed by atoms with E-state index in [9.17, 15) is 14.3 Å². The molecule has 0 saturated carbocycles. The Morgan fingerprint density at radius 1 is 1.21 bits per heavy atom. The Morgan fingerprint density at radius 2 is 1.97 bits per heavy atom. The minimum absolute atomic E-state index is 0.307. The standard InChI is InChI=1S/C26H29FN2O5/c1-4-13-33-29-17(2)23(26(30)31)15-19-8-10-22(11-9-19)32-14-12-24-18(3)34-25(28-24)20-6-5-7-21(27)16-20/h5-11,16,23H,4,12-15H2,1-3H3,(H,30,31). The summed E-state index contributed by atoms with van der Waals surface area (Å²) in [4.78, 5) is 21.3. The summed E-state index contributed by atoms with van der Waals surface area (Å²) in [6, 6.07) is 13.4. The molecular formula is C26H29FN2O5. The van der Waals surface area contributed by atoms with E-state index in [-0.39, 0.29) is 5.82 Å². The van der Waals surface area contributed by atoms with Gasteiger partial charge in [0.15, 0.2) is 0 Å². The molecule has 180 valence electrons. The highest BCUT2D eigenvalue weighted by Gasteiger charge is 2.22. The molecule has 2 aromatic carbocycles. The van der Waals surface area contributed by atoms with Gasteiger partial charge in [0.05, 0.1) is 18.0 Å². The fourth-order valence-electron chi connectivity index (χ4n) is 3.34. The van der Waals surface area contributed by atoms with Crippen LogP contribution >= 0.6 is 0 Å². The maximum atomic E-state index is 13.5. The summed E-state index contributed by atoms with van der Waals surface area (Å²) in [5.41, 5.74) is 2.63. The Balaban J connectivity index is 1.55. The van der Waals surface area contributed by atoms with Crippen molar-refractivity contribution in [3.05, 3.63) is 71.4 Å². The Hall–Kier alpha value is -3.68.